The van der Waals surface area contributed by atoms with Crippen molar-refractivity contribution in [2.45, 2.75) is 12.5 Å². The van der Waals surface area contributed by atoms with Crippen LogP contribution in [0.15, 0.2) is 24.3 Å². The number of halogens is 2. The largest absolute Gasteiger partial charge is 0.443 e. The van der Waals surface area contributed by atoms with Crippen molar-refractivity contribution in [2.75, 3.05) is 5.73 Å². The molecule has 0 radical (unpaired) electrons. The van der Waals surface area contributed by atoms with Gasteiger partial charge in [-0.05, 0) is 36.8 Å². The number of benzene rings is 1. The highest BCUT2D eigenvalue weighted by atomic mass is 35.5. The van der Waals surface area contributed by atoms with Gasteiger partial charge in [0.25, 0.3) is 0 Å². The average Bonchev–Trinajstić information content (AvgIpc) is 2.18. The lowest BCUT2D eigenvalue weighted by Gasteiger charge is -2.02. The van der Waals surface area contributed by atoms with Crippen LogP contribution in [0, 0.1) is 0 Å². The lowest BCUT2D eigenvalue weighted by Crippen LogP contribution is -2.05. The molecule has 0 aliphatic heterocycles. The van der Waals surface area contributed by atoms with Gasteiger partial charge in [-0.3, -0.25) is 0 Å². The van der Waals surface area contributed by atoms with Gasteiger partial charge < -0.3 is 10.5 Å². The van der Waals surface area contributed by atoms with Gasteiger partial charge in [-0.2, -0.15) is 0 Å². The number of nitrogens with two attached hydrogens (primary N) is 1. The number of hydrogen-bond acceptors (Lipinski definition) is 3. The highest BCUT2D eigenvalue weighted by molar-refractivity contribution is 6.32. The van der Waals surface area contributed by atoms with Crippen LogP contribution in [0.3, 0.4) is 0 Å². The van der Waals surface area contributed by atoms with E-state index < -0.39 is 11.5 Å². The minimum atomic E-state index is -0.659. The van der Waals surface area contributed by atoms with Gasteiger partial charge in [0.15, 0.2) is 5.56 Å². The highest BCUT2D eigenvalue weighted by Gasteiger charge is 2.02. The Morgan fingerprint density at radius 2 is 2.25 bits per heavy atom. The van der Waals surface area contributed by atoms with Gasteiger partial charge in [0.1, 0.15) is 0 Å². The Bertz CT molecular complexity index is 416. The fourth-order valence-electron chi connectivity index (χ4n) is 1.05. The Labute approximate surface area is 104 Å². The molecule has 0 bridgehead atoms. The second-order valence-electron chi connectivity index (χ2n) is 3.09. The second kappa shape index (κ2) is 5.77. The van der Waals surface area contributed by atoms with Crippen LogP contribution < -0.4 is 5.73 Å². The van der Waals surface area contributed by atoms with Crippen LogP contribution in [0.2, 0.25) is 5.02 Å². The van der Waals surface area contributed by atoms with Crippen molar-refractivity contribution in [3.8, 4) is 0 Å². The first-order chi connectivity index (χ1) is 7.49. The molecule has 5 heteroatoms. The summed E-state index contributed by atoms with van der Waals surface area (Å²) in [6.45, 7) is 1.56. The molecule has 86 valence electrons. The molecule has 1 aromatic rings. The summed E-state index contributed by atoms with van der Waals surface area (Å²) in [6, 6.07) is 5.00. The van der Waals surface area contributed by atoms with Gasteiger partial charge >= 0.3 is 5.97 Å². The maximum absolute atomic E-state index is 11.2. The minimum Gasteiger partial charge on any atom is -0.443 e. The average molecular weight is 260 g/mol. The zero-order valence-corrected chi connectivity index (χ0v) is 10.1. The predicted molar refractivity (Wildman–Crippen MR) is 66.3 cm³/mol. The third kappa shape index (κ3) is 4.13. The van der Waals surface area contributed by atoms with Gasteiger partial charge in [-0.25, -0.2) is 4.79 Å². The fraction of sp³-hybridized carbons (Fsp3) is 0.182. The SMILES string of the molecule is CC(Cl)OC(=O)C=Cc1cc(N)ccc1Cl. The molecule has 0 saturated heterocycles. The number of carbonyl (C=O) groups excluding carboxylic acids is 1. The van der Waals surface area contributed by atoms with E-state index in [0.29, 0.717) is 16.3 Å². The number of nitrogen functional groups attached to an aromatic ring is 1. The maximum Gasteiger partial charge on any atom is 0.332 e. The number of alkyl halides is 1. The summed E-state index contributed by atoms with van der Waals surface area (Å²) in [6.07, 6.45) is 2.78. The highest BCUT2D eigenvalue weighted by Crippen LogP contribution is 2.20. The molecule has 1 atom stereocenters. The minimum absolute atomic E-state index is 0.511. The molecule has 0 aromatic heterocycles. The predicted octanol–water partition coefficient (Wildman–Crippen LogP) is 3.06. The Kier molecular flexibility index (Phi) is 4.65. The van der Waals surface area contributed by atoms with E-state index in [2.05, 4.69) is 0 Å². The summed E-state index contributed by atoms with van der Waals surface area (Å²) in [5.74, 6) is -0.527. The summed E-state index contributed by atoms with van der Waals surface area (Å²) in [4.78, 5) is 11.2. The van der Waals surface area contributed by atoms with Gasteiger partial charge in [0, 0.05) is 16.8 Å². The van der Waals surface area contributed by atoms with Crippen molar-refractivity contribution in [3.05, 3.63) is 34.9 Å². The van der Waals surface area contributed by atoms with Gasteiger partial charge in [0.05, 0.1) is 0 Å². The monoisotopic (exact) mass is 259 g/mol. The molecule has 0 saturated carbocycles. The molecule has 1 aromatic carbocycles. The summed E-state index contributed by atoms with van der Waals surface area (Å²) in [7, 11) is 0. The van der Waals surface area contributed by atoms with Crippen LogP contribution in [0.1, 0.15) is 12.5 Å². The van der Waals surface area contributed by atoms with Crippen LogP contribution in [0.25, 0.3) is 6.08 Å². The molecular formula is C11H11Cl2NO2. The van der Waals surface area contributed by atoms with E-state index in [0.717, 1.165) is 0 Å². The van der Waals surface area contributed by atoms with Crippen LogP contribution in [0.5, 0.6) is 0 Å². The van der Waals surface area contributed by atoms with Crippen LogP contribution in [-0.2, 0) is 9.53 Å². The second-order valence-corrected chi connectivity index (χ2v) is 4.12. The first-order valence-corrected chi connectivity index (χ1v) is 5.38. The third-order valence-electron chi connectivity index (χ3n) is 1.70. The van der Waals surface area contributed by atoms with Crippen molar-refractivity contribution < 1.29 is 9.53 Å². The number of hydrogen-bond donors (Lipinski definition) is 1. The lowest BCUT2D eigenvalue weighted by atomic mass is 10.2. The van der Waals surface area contributed by atoms with E-state index >= 15 is 0 Å². The number of anilines is 1. The molecule has 0 aliphatic carbocycles. The van der Waals surface area contributed by atoms with Crippen LogP contribution in [0.4, 0.5) is 5.69 Å². The standard InChI is InChI=1S/C11H11Cl2NO2/c1-7(12)16-11(15)5-2-8-6-9(14)3-4-10(8)13/h2-7H,14H2,1H3. The summed E-state index contributed by atoms with van der Waals surface area (Å²) in [5.41, 5.74) is 6.15. The van der Waals surface area contributed by atoms with E-state index in [1.54, 1.807) is 25.1 Å². The van der Waals surface area contributed by atoms with Crippen LogP contribution >= 0.6 is 23.2 Å². The molecular weight excluding hydrogens is 249 g/mol. The summed E-state index contributed by atoms with van der Waals surface area (Å²) in [5, 5.41) is 0.511. The number of ether oxygens (including phenoxy) is 1. The maximum atomic E-state index is 11.2. The van der Waals surface area contributed by atoms with E-state index in [4.69, 9.17) is 33.7 Å². The molecule has 0 spiro atoms. The quantitative estimate of drug-likeness (QED) is 0.393. The molecule has 0 heterocycles. The smallest absolute Gasteiger partial charge is 0.332 e. The van der Waals surface area contributed by atoms with E-state index in [1.165, 1.54) is 12.2 Å². The van der Waals surface area contributed by atoms with Gasteiger partial charge in [-0.1, -0.05) is 23.2 Å². The molecule has 0 fully saturated rings. The van der Waals surface area contributed by atoms with E-state index in [-0.39, 0.29) is 0 Å². The molecule has 1 rings (SSSR count). The zero-order valence-electron chi connectivity index (χ0n) is 8.61. The number of esters is 1. The summed E-state index contributed by atoms with van der Waals surface area (Å²) >= 11 is 11.4. The van der Waals surface area contributed by atoms with Crippen molar-refractivity contribution in [1.29, 1.82) is 0 Å². The van der Waals surface area contributed by atoms with Crippen molar-refractivity contribution in [3.63, 3.8) is 0 Å². The first kappa shape index (κ1) is 12.9. The van der Waals surface area contributed by atoms with Crippen molar-refractivity contribution >= 4 is 40.9 Å². The Morgan fingerprint density at radius 1 is 1.56 bits per heavy atom. The molecule has 3 nitrogen and oxygen atoms in total. The fourth-order valence-corrected chi connectivity index (χ4v) is 1.32. The molecule has 0 aliphatic rings. The molecule has 1 unspecified atom stereocenters. The summed E-state index contributed by atoms with van der Waals surface area (Å²) < 4.78 is 4.71. The topological polar surface area (TPSA) is 52.3 Å². The molecule has 16 heavy (non-hydrogen) atoms. The lowest BCUT2D eigenvalue weighted by molar-refractivity contribution is -0.138. The molecule has 0 amide bonds. The van der Waals surface area contributed by atoms with Gasteiger partial charge in [0.2, 0.25) is 0 Å². The van der Waals surface area contributed by atoms with Crippen molar-refractivity contribution in [2.24, 2.45) is 0 Å². The Balaban J connectivity index is 2.76. The number of carbonyl (C=O) groups is 1. The first-order valence-electron chi connectivity index (χ1n) is 4.57. The van der Waals surface area contributed by atoms with E-state index in [9.17, 15) is 4.79 Å². The van der Waals surface area contributed by atoms with Gasteiger partial charge in [-0.15, -0.1) is 0 Å². The Morgan fingerprint density at radius 3 is 2.88 bits per heavy atom. The third-order valence-corrected chi connectivity index (χ3v) is 2.13. The van der Waals surface area contributed by atoms with E-state index in [1.807, 2.05) is 0 Å². The Hall–Kier alpha value is -1.19. The number of rotatable bonds is 3. The molecule has 2 N–H and O–H groups in total. The normalized spacial score (nSPS) is 12.7. The zero-order chi connectivity index (χ0) is 12.1. The van der Waals surface area contributed by atoms with Crippen molar-refractivity contribution in [1.82, 2.24) is 0 Å². The van der Waals surface area contributed by atoms with Crippen LogP contribution in [-0.4, -0.2) is 11.5 Å².